The Morgan fingerprint density at radius 3 is 2.38 bits per heavy atom. The molecule has 1 aliphatic rings. The number of nitrogens with zero attached hydrogens (tertiary/aromatic N) is 2. The standard InChI is InChI=1S/C16H27N3O4S/c1-10(2)14(15(17)22)18(3)12(20)7-5-4-6-8-19-13(21)9-11(24)16(19)23/h10-11,14,24H,4-9H2,1-3H3,(H2,17,22). The largest absolute Gasteiger partial charge is 0.368 e. The van der Waals surface area contributed by atoms with Gasteiger partial charge in [0, 0.05) is 26.4 Å². The van der Waals surface area contributed by atoms with Crippen molar-refractivity contribution in [2.24, 2.45) is 11.7 Å². The smallest absolute Gasteiger partial charge is 0.242 e. The van der Waals surface area contributed by atoms with Gasteiger partial charge in [0.2, 0.25) is 23.6 Å². The predicted octanol–water partition coefficient (Wildman–Crippen LogP) is 0.572. The highest BCUT2D eigenvalue weighted by atomic mass is 32.1. The van der Waals surface area contributed by atoms with E-state index in [0.717, 1.165) is 6.42 Å². The molecule has 0 aromatic carbocycles. The maximum Gasteiger partial charge on any atom is 0.242 e. The number of thiol groups is 1. The van der Waals surface area contributed by atoms with Gasteiger partial charge in [-0.3, -0.25) is 24.1 Å². The molecule has 2 N–H and O–H groups in total. The van der Waals surface area contributed by atoms with E-state index in [4.69, 9.17) is 5.73 Å². The minimum Gasteiger partial charge on any atom is -0.368 e. The van der Waals surface area contributed by atoms with Crippen LogP contribution in [0.3, 0.4) is 0 Å². The van der Waals surface area contributed by atoms with Crippen LogP contribution in [0.1, 0.15) is 46.0 Å². The fourth-order valence-electron chi connectivity index (χ4n) is 2.92. The van der Waals surface area contributed by atoms with Crippen molar-refractivity contribution in [3.05, 3.63) is 0 Å². The molecule has 0 bridgehead atoms. The molecule has 0 aromatic rings. The van der Waals surface area contributed by atoms with Crippen LogP contribution in [0.15, 0.2) is 0 Å². The van der Waals surface area contributed by atoms with Crippen LogP contribution in [0.5, 0.6) is 0 Å². The van der Waals surface area contributed by atoms with Gasteiger partial charge in [0.15, 0.2) is 0 Å². The first kappa shape index (κ1) is 20.5. The molecule has 7 nitrogen and oxygen atoms in total. The number of hydrogen-bond acceptors (Lipinski definition) is 5. The summed E-state index contributed by atoms with van der Waals surface area (Å²) in [6.45, 7) is 4.06. The first-order valence-corrected chi connectivity index (χ1v) is 8.75. The fourth-order valence-corrected chi connectivity index (χ4v) is 3.22. The van der Waals surface area contributed by atoms with Crippen LogP contribution in [0.2, 0.25) is 0 Å². The molecule has 1 saturated heterocycles. The van der Waals surface area contributed by atoms with Gasteiger partial charge in [0.25, 0.3) is 0 Å². The SMILES string of the molecule is CC(C)C(C(N)=O)N(C)C(=O)CCCCCN1C(=O)CC(S)C1=O. The molecule has 0 spiro atoms. The molecular formula is C16H27N3O4S. The number of hydrogen-bond donors (Lipinski definition) is 2. The van der Waals surface area contributed by atoms with Gasteiger partial charge < -0.3 is 10.6 Å². The van der Waals surface area contributed by atoms with Crippen LogP contribution in [-0.4, -0.2) is 58.3 Å². The van der Waals surface area contributed by atoms with E-state index in [1.165, 1.54) is 9.80 Å². The van der Waals surface area contributed by atoms with E-state index < -0.39 is 17.2 Å². The lowest BCUT2D eigenvalue weighted by Gasteiger charge is -2.28. The summed E-state index contributed by atoms with van der Waals surface area (Å²) in [5, 5.41) is -0.519. The monoisotopic (exact) mass is 357 g/mol. The number of nitrogens with two attached hydrogens (primary N) is 1. The Labute approximate surface area is 148 Å². The second-order valence-electron chi connectivity index (χ2n) is 6.51. The van der Waals surface area contributed by atoms with Gasteiger partial charge in [-0.2, -0.15) is 12.6 Å². The molecular weight excluding hydrogens is 330 g/mol. The van der Waals surface area contributed by atoms with Crippen LogP contribution < -0.4 is 5.73 Å². The van der Waals surface area contributed by atoms with E-state index in [9.17, 15) is 19.2 Å². The zero-order valence-electron chi connectivity index (χ0n) is 14.5. The Balaban J connectivity index is 2.32. The Bertz CT molecular complexity index is 510. The number of rotatable bonds is 9. The molecule has 1 aliphatic heterocycles. The normalized spacial score (nSPS) is 19.0. The molecule has 0 aliphatic carbocycles. The van der Waals surface area contributed by atoms with Gasteiger partial charge in [-0.05, 0) is 18.8 Å². The Kier molecular flexibility index (Phi) is 7.72. The van der Waals surface area contributed by atoms with E-state index in [1.54, 1.807) is 7.05 Å². The molecule has 1 fully saturated rings. The number of unbranched alkanes of at least 4 members (excludes halogenated alkanes) is 2. The highest BCUT2D eigenvalue weighted by molar-refractivity contribution is 7.81. The molecule has 8 heteroatoms. The van der Waals surface area contributed by atoms with Crippen LogP contribution in [0.25, 0.3) is 0 Å². The van der Waals surface area contributed by atoms with Crippen molar-refractivity contribution in [2.75, 3.05) is 13.6 Å². The molecule has 136 valence electrons. The molecule has 2 atom stereocenters. The average Bonchev–Trinajstić information content (AvgIpc) is 2.71. The summed E-state index contributed by atoms with van der Waals surface area (Å²) in [5.41, 5.74) is 5.35. The first-order chi connectivity index (χ1) is 11.2. The third-order valence-electron chi connectivity index (χ3n) is 4.23. The van der Waals surface area contributed by atoms with Crippen LogP contribution in [0.4, 0.5) is 0 Å². The molecule has 24 heavy (non-hydrogen) atoms. The number of primary amides is 1. The fraction of sp³-hybridized carbons (Fsp3) is 0.750. The van der Waals surface area contributed by atoms with Gasteiger partial charge in [0.1, 0.15) is 6.04 Å². The third kappa shape index (κ3) is 5.22. The van der Waals surface area contributed by atoms with Gasteiger partial charge in [-0.1, -0.05) is 20.3 Å². The minimum atomic E-state index is -0.607. The van der Waals surface area contributed by atoms with Crippen molar-refractivity contribution in [1.82, 2.24) is 9.80 Å². The van der Waals surface area contributed by atoms with E-state index in [-0.39, 0.29) is 30.1 Å². The number of imide groups is 1. The van der Waals surface area contributed by atoms with E-state index in [1.807, 2.05) is 13.8 Å². The van der Waals surface area contributed by atoms with Gasteiger partial charge in [-0.25, -0.2) is 0 Å². The third-order valence-corrected chi connectivity index (χ3v) is 4.63. The van der Waals surface area contributed by atoms with Crippen molar-refractivity contribution in [2.45, 2.75) is 57.2 Å². The number of amides is 4. The molecule has 1 heterocycles. The van der Waals surface area contributed by atoms with Crippen LogP contribution in [-0.2, 0) is 19.2 Å². The van der Waals surface area contributed by atoms with Crippen molar-refractivity contribution in [3.8, 4) is 0 Å². The lowest BCUT2D eigenvalue weighted by molar-refractivity contribution is -0.139. The van der Waals surface area contributed by atoms with E-state index >= 15 is 0 Å². The topological polar surface area (TPSA) is 101 Å². The second kappa shape index (κ2) is 9.05. The lowest BCUT2D eigenvalue weighted by atomic mass is 10.0. The number of likely N-dealkylation sites (tertiary alicyclic amines) is 1. The van der Waals surface area contributed by atoms with E-state index in [0.29, 0.717) is 25.8 Å². The summed E-state index contributed by atoms with van der Waals surface area (Å²) in [6, 6.07) is -0.607. The van der Waals surface area contributed by atoms with Crippen LogP contribution >= 0.6 is 12.6 Å². The predicted molar refractivity (Wildman–Crippen MR) is 93.2 cm³/mol. The number of carbonyl (C=O) groups excluding carboxylic acids is 4. The average molecular weight is 357 g/mol. The summed E-state index contributed by atoms with van der Waals surface area (Å²) in [5.74, 6) is -1.10. The summed E-state index contributed by atoms with van der Waals surface area (Å²) in [7, 11) is 1.59. The maximum absolute atomic E-state index is 12.1. The maximum atomic E-state index is 12.1. The summed E-state index contributed by atoms with van der Waals surface area (Å²) in [6.07, 6.45) is 2.47. The van der Waals surface area contributed by atoms with Crippen molar-refractivity contribution < 1.29 is 19.2 Å². The zero-order chi connectivity index (χ0) is 18.4. The highest BCUT2D eigenvalue weighted by Gasteiger charge is 2.35. The first-order valence-electron chi connectivity index (χ1n) is 8.24. The summed E-state index contributed by atoms with van der Waals surface area (Å²) < 4.78 is 0. The molecule has 0 aromatic heterocycles. The molecule has 0 radical (unpaired) electrons. The summed E-state index contributed by atoms with van der Waals surface area (Å²) in [4.78, 5) is 49.6. The van der Waals surface area contributed by atoms with Gasteiger partial charge in [0.05, 0.1) is 5.25 Å². The Hall–Kier alpha value is -1.57. The molecule has 4 amide bonds. The van der Waals surface area contributed by atoms with Crippen molar-refractivity contribution in [1.29, 1.82) is 0 Å². The Morgan fingerprint density at radius 1 is 1.29 bits per heavy atom. The van der Waals surface area contributed by atoms with Gasteiger partial charge >= 0.3 is 0 Å². The second-order valence-corrected chi connectivity index (χ2v) is 7.13. The molecule has 2 unspecified atom stereocenters. The van der Waals surface area contributed by atoms with E-state index in [2.05, 4.69) is 12.6 Å². The minimum absolute atomic E-state index is 0.0437. The Morgan fingerprint density at radius 2 is 1.92 bits per heavy atom. The molecule has 0 saturated carbocycles. The van der Waals surface area contributed by atoms with Gasteiger partial charge in [-0.15, -0.1) is 0 Å². The van der Waals surface area contributed by atoms with Crippen molar-refractivity contribution in [3.63, 3.8) is 0 Å². The van der Waals surface area contributed by atoms with Crippen molar-refractivity contribution >= 4 is 36.3 Å². The lowest BCUT2D eigenvalue weighted by Crippen LogP contribution is -2.48. The summed E-state index contributed by atoms with van der Waals surface area (Å²) >= 11 is 4.07. The highest BCUT2D eigenvalue weighted by Crippen LogP contribution is 2.18. The number of carbonyl (C=O) groups is 4. The van der Waals surface area contributed by atoms with Crippen LogP contribution in [0, 0.1) is 5.92 Å². The zero-order valence-corrected chi connectivity index (χ0v) is 15.4. The number of likely N-dealkylation sites (N-methyl/N-ethyl adjacent to an activating group) is 1. The molecule has 1 rings (SSSR count). The quantitative estimate of drug-likeness (QED) is 0.358.